The fourth-order valence-corrected chi connectivity index (χ4v) is 7.02. The molecule has 4 aromatic rings. The molecule has 0 radical (unpaired) electrons. The number of ether oxygens (including phenoxy) is 4. The Bertz CT molecular complexity index is 1880. The fraction of sp³-hybridized carbons (Fsp3) is 0.267. The predicted octanol–water partition coefficient (Wildman–Crippen LogP) is 4.28. The monoisotopic (exact) mass is 622 g/mol. The highest BCUT2D eigenvalue weighted by Crippen LogP contribution is 2.50. The number of fused-ring (bicyclic) bond motifs is 7. The summed E-state index contributed by atoms with van der Waals surface area (Å²) in [5, 5.41) is 1.81. The molecule has 0 saturated carbocycles. The van der Waals surface area contributed by atoms with Crippen LogP contribution in [0, 0.1) is 11.6 Å². The maximum Gasteiger partial charge on any atom is 0.510 e. The lowest BCUT2D eigenvalue weighted by Gasteiger charge is -2.53. The highest BCUT2D eigenvalue weighted by molar-refractivity contribution is 7.13. The summed E-state index contributed by atoms with van der Waals surface area (Å²) in [6.45, 7) is 1.43. The van der Waals surface area contributed by atoms with Gasteiger partial charge in [-0.15, -0.1) is 11.3 Å². The standard InChI is InChI=1S/C30H24F2N4O7S/c1-15-11-41-12-21-35(15)29(38)26-27(42-14-43-30(39)40-2)20(37)9-10-34(26)36(21)25-16-5-3-4-6-17(16)28-24(33-13-44-28)22-18(25)7-8-19(31)23(22)32/h3-10,13,15,21,25H,11-12,14H2,1-2H3/t15?,21-,25-/m1/s1. The van der Waals surface area contributed by atoms with Crippen molar-refractivity contribution in [2.45, 2.75) is 25.2 Å². The SMILES string of the molecule is COC(=O)OCOc1c2n(ccc1=O)N([C@@H]1c3ccccc3-c3scnc3-c3c1ccc(F)c3F)[C@@H]1COCC(C)N1C2=O. The molecule has 1 saturated heterocycles. The number of rotatable bonds is 4. The number of thiazole rings is 1. The number of morpholine rings is 1. The van der Waals surface area contributed by atoms with Gasteiger partial charge < -0.3 is 23.8 Å². The van der Waals surface area contributed by atoms with E-state index < -0.39 is 54.2 Å². The van der Waals surface area contributed by atoms with Crippen LogP contribution < -0.4 is 15.2 Å². The second kappa shape index (κ2) is 10.7. The Balaban J connectivity index is 1.51. The first-order valence-corrected chi connectivity index (χ1v) is 14.5. The molecule has 1 fully saturated rings. The van der Waals surface area contributed by atoms with E-state index in [1.165, 1.54) is 34.3 Å². The Morgan fingerprint density at radius 2 is 1.93 bits per heavy atom. The molecule has 226 valence electrons. The average Bonchev–Trinajstić information content (AvgIpc) is 3.47. The lowest BCUT2D eigenvalue weighted by atomic mass is 9.92. The first-order chi connectivity index (χ1) is 21.3. The molecule has 1 unspecified atom stereocenters. The van der Waals surface area contributed by atoms with Crippen molar-refractivity contribution in [2.24, 2.45) is 0 Å². The third-order valence-electron chi connectivity index (χ3n) is 7.99. The summed E-state index contributed by atoms with van der Waals surface area (Å²) in [5.74, 6) is -2.93. The van der Waals surface area contributed by atoms with Crippen LogP contribution in [-0.4, -0.2) is 65.9 Å². The van der Waals surface area contributed by atoms with Crippen LogP contribution in [0.1, 0.15) is 34.6 Å². The summed E-state index contributed by atoms with van der Waals surface area (Å²) in [6.07, 6.45) is -0.336. The Morgan fingerprint density at radius 1 is 1.11 bits per heavy atom. The Kier molecular flexibility index (Phi) is 6.81. The molecule has 0 N–H and O–H groups in total. The van der Waals surface area contributed by atoms with Crippen molar-refractivity contribution in [3.63, 3.8) is 0 Å². The van der Waals surface area contributed by atoms with Crippen LogP contribution in [0.2, 0.25) is 0 Å². The fourth-order valence-electron chi connectivity index (χ4n) is 6.18. The summed E-state index contributed by atoms with van der Waals surface area (Å²) in [7, 11) is 1.12. The molecule has 11 nitrogen and oxygen atoms in total. The van der Waals surface area contributed by atoms with E-state index in [-0.39, 0.29) is 30.2 Å². The summed E-state index contributed by atoms with van der Waals surface area (Å²) in [4.78, 5) is 45.6. The number of nitrogens with zero attached hydrogens (tertiary/aromatic N) is 4. The molecule has 0 spiro atoms. The minimum atomic E-state index is -1.05. The zero-order chi connectivity index (χ0) is 30.7. The second-order valence-electron chi connectivity index (χ2n) is 10.4. The van der Waals surface area contributed by atoms with Crippen molar-refractivity contribution in [3.05, 3.63) is 92.9 Å². The van der Waals surface area contributed by atoms with E-state index in [9.17, 15) is 18.8 Å². The molecule has 44 heavy (non-hydrogen) atoms. The number of hydrogen-bond donors (Lipinski definition) is 0. The van der Waals surface area contributed by atoms with Crippen molar-refractivity contribution in [1.82, 2.24) is 14.6 Å². The summed E-state index contributed by atoms with van der Waals surface area (Å²) < 4.78 is 53.0. The van der Waals surface area contributed by atoms with E-state index in [1.54, 1.807) is 10.4 Å². The zero-order valence-corrected chi connectivity index (χ0v) is 24.2. The van der Waals surface area contributed by atoms with Gasteiger partial charge in [0.1, 0.15) is 6.17 Å². The van der Waals surface area contributed by atoms with Crippen molar-refractivity contribution in [2.75, 3.05) is 32.1 Å². The van der Waals surface area contributed by atoms with Gasteiger partial charge in [0.05, 0.1) is 48.5 Å². The molecule has 14 heteroatoms. The average molecular weight is 623 g/mol. The molecular weight excluding hydrogens is 598 g/mol. The maximum atomic E-state index is 15.8. The first kappa shape index (κ1) is 28.0. The Labute approximate surface area is 252 Å². The van der Waals surface area contributed by atoms with Crippen molar-refractivity contribution >= 4 is 23.4 Å². The highest BCUT2D eigenvalue weighted by atomic mass is 32.1. The molecule has 2 aromatic heterocycles. The molecule has 3 aliphatic rings. The van der Waals surface area contributed by atoms with Gasteiger partial charge in [0.2, 0.25) is 18.0 Å². The normalized spacial score (nSPS) is 20.0. The zero-order valence-electron chi connectivity index (χ0n) is 23.4. The Hall–Kier alpha value is -4.82. The van der Waals surface area contributed by atoms with Gasteiger partial charge in [0, 0.05) is 17.8 Å². The van der Waals surface area contributed by atoms with E-state index in [4.69, 9.17) is 14.2 Å². The van der Waals surface area contributed by atoms with Crippen molar-refractivity contribution in [1.29, 1.82) is 0 Å². The summed E-state index contributed by atoms with van der Waals surface area (Å²) in [6, 6.07) is 10.0. The molecule has 2 aliphatic heterocycles. The van der Waals surface area contributed by atoms with Crippen LogP contribution >= 0.6 is 11.3 Å². The maximum absolute atomic E-state index is 15.8. The van der Waals surface area contributed by atoms with Crippen LogP contribution in [0.3, 0.4) is 0 Å². The van der Waals surface area contributed by atoms with Crippen molar-refractivity contribution in [3.8, 4) is 27.4 Å². The molecule has 1 aliphatic carbocycles. The number of carbonyl (C=O) groups is 2. The number of amides is 1. The number of aromatic nitrogens is 2. The Morgan fingerprint density at radius 3 is 2.75 bits per heavy atom. The largest absolute Gasteiger partial charge is 0.510 e. The topological polar surface area (TPSA) is 112 Å². The van der Waals surface area contributed by atoms with Crippen LogP contribution in [0.15, 0.2) is 59.0 Å². The first-order valence-electron chi connectivity index (χ1n) is 13.6. The predicted molar refractivity (Wildman–Crippen MR) is 153 cm³/mol. The second-order valence-corrected chi connectivity index (χ2v) is 11.2. The molecular formula is C30H24F2N4O7S. The van der Waals surface area contributed by atoms with Gasteiger partial charge in [0.15, 0.2) is 17.3 Å². The van der Waals surface area contributed by atoms with Crippen LogP contribution in [-0.2, 0) is 14.2 Å². The highest BCUT2D eigenvalue weighted by Gasteiger charge is 2.49. The number of hydrogen-bond acceptors (Lipinski definition) is 10. The number of carbonyl (C=O) groups excluding carboxylic acids is 2. The van der Waals surface area contributed by atoms with E-state index in [2.05, 4.69) is 9.72 Å². The minimum absolute atomic E-state index is 0.00113. The van der Waals surface area contributed by atoms with Crippen LogP contribution in [0.5, 0.6) is 5.75 Å². The van der Waals surface area contributed by atoms with Gasteiger partial charge in [-0.25, -0.2) is 18.6 Å². The van der Waals surface area contributed by atoms with E-state index in [1.807, 2.05) is 36.2 Å². The number of pyridine rings is 1. The molecule has 0 bridgehead atoms. The van der Waals surface area contributed by atoms with Gasteiger partial charge in [0.25, 0.3) is 5.91 Å². The minimum Gasteiger partial charge on any atom is -0.451 e. The smallest absolute Gasteiger partial charge is 0.451 e. The van der Waals surface area contributed by atoms with Crippen molar-refractivity contribution < 1.29 is 37.3 Å². The van der Waals surface area contributed by atoms with Gasteiger partial charge in [-0.3, -0.25) is 19.3 Å². The third-order valence-corrected chi connectivity index (χ3v) is 8.85. The van der Waals surface area contributed by atoms with Gasteiger partial charge >= 0.3 is 6.16 Å². The quantitative estimate of drug-likeness (QED) is 0.243. The lowest BCUT2D eigenvalue weighted by molar-refractivity contribution is -0.0473. The number of benzene rings is 2. The molecule has 7 rings (SSSR count). The van der Waals surface area contributed by atoms with E-state index in [0.29, 0.717) is 16.1 Å². The number of methoxy groups -OCH3 is 1. The lowest BCUT2D eigenvalue weighted by Crippen LogP contribution is -2.68. The summed E-state index contributed by atoms with van der Waals surface area (Å²) in [5.41, 5.74) is 3.03. The van der Waals surface area contributed by atoms with Gasteiger partial charge in [-0.05, 0) is 29.7 Å². The van der Waals surface area contributed by atoms with E-state index >= 15 is 4.39 Å². The molecule has 4 heterocycles. The number of halogens is 2. The molecule has 1 amide bonds. The van der Waals surface area contributed by atoms with Crippen LogP contribution in [0.4, 0.5) is 13.6 Å². The summed E-state index contributed by atoms with van der Waals surface area (Å²) >= 11 is 1.31. The van der Waals surface area contributed by atoms with Crippen LogP contribution in [0.25, 0.3) is 21.7 Å². The molecule has 2 aromatic carbocycles. The van der Waals surface area contributed by atoms with Gasteiger partial charge in [-0.1, -0.05) is 30.3 Å². The van der Waals surface area contributed by atoms with E-state index in [0.717, 1.165) is 24.3 Å². The third kappa shape index (κ3) is 4.16. The molecule has 3 atom stereocenters. The van der Waals surface area contributed by atoms with Gasteiger partial charge in [-0.2, -0.15) is 0 Å².